The minimum atomic E-state index is 0.667. The zero-order chi connectivity index (χ0) is 40.5. The molecule has 2 heterocycles. The molecule has 0 saturated carbocycles. The van der Waals surface area contributed by atoms with Crippen molar-refractivity contribution >= 4 is 21.7 Å². The molecule has 9 aromatic carbocycles. The fourth-order valence-electron chi connectivity index (χ4n) is 8.42. The molecule has 0 aliphatic rings. The van der Waals surface area contributed by atoms with Crippen molar-refractivity contribution in [3.8, 4) is 84.2 Å². The molecule has 11 rings (SSSR count). The first kappa shape index (κ1) is 35.9. The smallest absolute Gasteiger partial charge is 0.160 e. The van der Waals surface area contributed by atoms with Gasteiger partial charge in [0.05, 0.1) is 22.6 Å². The van der Waals surface area contributed by atoms with Crippen LogP contribution in [0, 0.1) is 0 Å². The topological polar surface area (TPSA) is 43.6 Å². The molecule has 0 aliphatic carbocycles. The summed E-state index contributed by atoms with van der Waals surface area (Å²) in [6.45, 7) is 0. The highest BCUT2D eigenvalue weighted by atomic mass is 15.3. The lowest BCUT2D eigenvalue weighted by Crippen LogP contribution is -1.98. The summed E-state index contributed by atoms with van der Waals surface area (Å²) < 4.78 is 2.12. The van der Waals surface area contributed by atoms with Gasteiger partial charge in [-0.3, -0.25) is 0 Å². The molecule has 0 aliphatic heterocycles. The third-order valence-electron chi connectivity index (χ3n) is 11.4. The van der Waals surface area contributed by atoms with Crippen molar-refractivity contribution in [3.63, 3.8) is 0 Å². The zero-order valence-corrected chi connectivity index (χ0v) is 33.2. The van der Waals surface area contributed by atoms with Crippen molar-refractivity contribution in [3.05, 3.63) is 231 Å². The van der Waals surface area contributed by atoms with E-state index in [0.29, 0.717) is 5.82 Å². The van der Waals surface area contributed by atoms with Crippen LogP contribution in [0.1, 0.15) is 0 Å². The van der Waals surface area contributed by atoms with Gasteiger partial charge in [-0.05, 0) is 81.2 Å². The lowest BCUT2D eigenvalue weighted by atomic mass is 9.92. The molecular weight excluding hydrogens is 741 g/mol. The van der Waals surface area contributed by atoms with Gasteiger partial charge in [-0.15, -0.1) is 0 Å². The Labute approximate surface area is 354 Å². The number of nitrogens with zero attached hydrogens (tertiary/aromatic N) is 4. The summed E-state index contributed by atoms with van der Waals surface area (Å²) in [5.74, 6) is 0.667. The van der Waals surface area contributed by atoms with Crippen molar-refractivity contribution in [2.24, 2.45) is 0 Å². The van der Waals surface area contributed by atoms with Gasteiger partial charge >= 0.3 is 0 Å². The highest BCUT2D eigenvalue weighted by Gasteiger charge is 2.22. The molecule has 0 unspecified atom stereocenters. The Bertz CT molecular complexity index is 3220. The van der Waals surface area contributed by atoms with Crippen molar-refractivity contribution in [2.75, 3.05) is 0 Å². The average Bonchev–Trinajstić information content (AvgIpc) is 3.76. The molecule has 0 bridgehead atoms. The normalized spacial score (nSPS) is 11.3. The van der Waals surface area contributed by atoms with E-state index in [2.05, 4.69) is 223 Å². The van der Waals surface area contributed by atoms with Crippen molar-refractivity contribution in [1.82, 2.24) is 19.7 Å². The Morgan fingerprint density at radius 3 is 1.41 bits per heavy atom. The Morgan fingerprint density at radius 1 is 0.328 bits per heavy atom. The van der Waals surface area contributed by atoms with Crippen LogP contribution in [0.4, 0.5) is 0 Å². The fourth-order valence-corrected chi connectivity index (χ4v) is 8.42. The van der Waals surface area contributed by atoms with Gasteiger partial charge in [-0.1, -0.05) is 188 Å². The van der Waals surface area contributed by atoms with Crippen LogP contribution >= 0.6 is 0 Å². The zero-order valence-electron chi connectivity index (χ0n) is 33.2. The molecule has 0 spiro atoms. The first-order valence-electron chi connectivity index (χ1n) is 20.6. The molecule has 0 saturated heterocycles. The van der Waals surface area contributed by atoms with E-state index in [1.54, 1.807) is 0 Å². The second kappa shape index (κ2) is 15.5. The second-order valence-electron chi connectivity index (χ2n) is 15.3. The number of aromatic nitrogens is 4. The van der Waals surface area contributed by atoms with Crippen molar-refractivity contribution in [2.45, 2.75) is 0 Å². The molecule has 61 heavy (non-hydrogen) atoms. The summed E-state index contributed by atoms with van der Waals surface area (Å²) in [7, 11) is 0. The molecule has 0 N–H and O–H groups in total. The van der Waals surface area contributed by atoms with E-state index in [4.69, 9.17) is 15.1 Å². The fraction of sp³-hybridized carbons (Fsp3) is 0. The predicted molar refractivity (Wildman–Crippen MR) is 252 cm³/mol. The number of fused-ring (bicyclic) bond motifs is 3. The third kappa shape index (κ3) is 6.86. The summed E-state index contributed by atoms with van der Waals surface area (Å²) in [6.07, 6.45) is 0. The van der Waals surface area contributed by atoms with Gasteiger partial charge in [0.15, 0.2) is 5.82 Å². The van der Waals surface area contributed by atoms with E-state index in [1.165, 1.54) is 0 Å². The standard InChI is InChI=1S/C57H38N4/c1-6-18-39(19-7-1)43-26-16-28-46(34-43)52-38-53(59-57(58-52)48-29-17-27-44(35-48)40-20-8-2-9-21-40)47-33-32-45-36-50(41-22-10-3-11-23-41)54-55(42-24-12-4-13-25-42)60-61(56(54)51(45)37-47)49-30-14-5-15-31-49/h1-38H. The monoisotopic (exact) mass is 778 g/mol. The summed E-state index contributed by atoms with van der Waals surface area (Å²) in [5, 5.41) is 8.74. The minimum absolute atomic E-state index is 0.667. The summed E-state index contributed by atoms with van der Waals surface area (Å²) in [6, 6.07) is 80.9. The van der Waals surface area contributed by atoms with E-state index >= 15 is 0 Å². The number of hydrogen-bond donors (Lipinski definition) is 0. The molecule has 0 amide bonds. The van der Waals surface area contributed by atoms with E-state index < -0.39 is 0 Å². The molecule has 2 aromatic heterocycles. The van der Waals surface area contributed by atoms with Crippen LogP contribution in [0.15, 0.2) is 231 Å². The highest BCUT2D eigenvalue weighted by Crippen LogP contribution is 2.43. The van der Waals surface area contributed by atoms with Crippen LogP contribution < -0.4 is 0 Å². The first-order valence-corrected chi connectivity index (χ1v) is 20.6. The Hall–Kier alpha value is -8.21. The predicted octanol–water partition coefficient (Wildman–Crippen LogP) is 14.6. The Morgan fingerprint density at radius 2 is 0.803 bits per heavy atom. The lowest BCUT2D eigenvalue weighted by Gasteiger charge is -2.14. The highest BCUT2D eigenvalue weighted by molar-refractivity contribution is 6.18. The molecular formula is C57H38N4. The number of rotatable bonds is 8. The van der Waals surface area contributed by atoms with Gasteiger partial charge in [-0.25, -0.2) is 14.6 Å². The Balaban J connectivity index is 1.17. The number of hydrogen-bond acceptors (Lipinski definition) is 3. The van der Waals surface area contributed by atoms with Crippen molar-refractivity contribution < 1.29 is 0 Å². The third-order valence-corrected chi connectivity index (χ3v) is 11.4. The molecule has 0 radical (unpaired) electrons. The van der Waals surface area contributed by atoms with Crippen LogP contribution in [-0.4, -0.2) is 19.7 Å². The van der Waals surface area contributed by atoms with E-state index in [9.17, 15) is 0 Å². The maximum atomic E-state index is 5.43. The van der Waals surface area contributed by atoms with Crippen LogP contribution in [0.2, 0.25) is 0 Å². The van der Waals surface area contributed by atoms with Gasteiger partial charge in [0.25, 0.3) is 0 Å². The van der Waals surface area contributed by atoms with Gasteiger partial charge in [0.1, 0.15) is 5.69 Å². The van der Waals surface area contributed by atoms with E-state index in [0.717, 1.165) is 100 Å². The molecule has 286 valence electrons. The van der Waals surface area contributed by atoms with Gasteiger partial charge in [0.2, 0.25) is 0 Å². The summed E-state index contributed by atoms with van der Waals surface area (Å²) >= 11 is 0. The van der Waals surface area contributed by atoms with Gasteiger partial charge in [0, 0.05) is 33.0 Å². The van der Waals surface area contributed by atoms with Crippen LogP contribution in [0.25, 0.3) is 106 Å². The maximum absolute atomic E-state index is 5.43. The number of benzene rings is 9. The molecule has 0 fully saturated rings. The summed E-state index contributed by atoms with van der Waals surface area (Å²) in [5.41, 5.74) is 15.5. The maximum Gasteiger partial charge on any atom is 0.160 e. The van der Waals surface area contributed by atoms with Crippen molar-refractivity contribution in [1.29, 1.82) is 0 Å². The lowest BCUT2D eigenvalue weighted by molar-refractivity contribution is 0.918. The Kier molecular flexibility index (Phi) is 9.14. The largest absolute Gasteiger partial charge is 0.232 e. The van der Waals surface area contributed by atoms with E-state index in [-0.39, 0.29) is 0 Å². The minimum Gasteiger partial charge on any atom is -0.232 e. The average molecular weight is 779 g/mol. The van der Waals surface area contributed by atoms with Gasteiger partial charge in [-0.2, -0.15) is 5.10 Å². The van der Waals surface area contributed by atoms with Crippen LogP contribution in [0.3, 0.4) is 0 Å². The van der Waals surface area contributed by atoms with Gasteiger partial charge < -0.3 is 0 Å². The van der Waals surface area contributed by atoms with Crippen LogP contribution in [0.5, 0.6) is 0 Å². The SMILES string of the molecule is c1ccc(-c2cccc(-c3cc(-c4ccc5cc(-c6ccccc6)c6c(-c7ccccc7)nn(-c7ccccc7)c6c5c4)nc(-c4cccc(-c5ccccc5)c4)n3)c2)cc1. The number of para-hydroxylation sites is 1. The molecule has 4 nitrogen and oxygen atoms in total. The first-order chi connectivity index (χ1) is 30.2. The molecule has 4 heteroatoms. The van der Waals surface area contributed by atoms with Crippen LogP contribution in [-0.2, 0) is 0 Å². The molecule has 0 atom stereocenters. The quantitative estimate of drug-likeness (QED) is 0.154. The van der Waals surface area contributed by atoms with E-state index in [1.807, 2.05) is 12.1 Å². The summed E-state index contributed by atoms with van der Waals surface area (Å²) in [4.78, 5) is 10.7. The molecule has 11 aromatic rings. The second-order valence-corrected chi connectivity index (χ2v) is 15.3.